The van der Waals surface area contributed by atoms with Gasteiger partial charge < -0.3 is 20.5 Å². The number of carbonyl (C=O) groups excluding carboxylic acids is 2. The van der Waals surface area contributed by atoms with Crippen LogP contribution >= 0.6 is 0 Å². The highest BCUT2D eigenvalue weighted by Crippen LogP contribution is 2.44. The number of hydrogen-bond donors (Lipinski definition) is 3. The second-order valence-electron chi connectivity index (χ2n) is 8.95. The number of carboxylic acids is 1. The first-order valence-corrected chi connectivity index (χ1v) is 11.9. The number of amides is 2. The molecule has 0 saturated heterocycles. The molecule has 2 amide bonds. The van der Waals surface area contributed by atoms with E-state index in [9.17, 15) is 19.5 Å². The molecule has 34 heavy (non-hydrogen) atoms. The van der Waals surface area contributed by atoms with Crippen LogP contribution in [0, 0.1) is 11.3 Å². The molecule has 1 aliphatic carbocycles. The van der Waals surface area contributed by atoms with Crippen molar-refractivity contribution in [3.05, 3.63) is 59.7 Å². The van der Waals surface area contributed by atoms with Crippen molar-refractivity contribution in [2.24, 2.45) is 11.3 Å². The van der Waals surface area contributed by atoms with Crippen LogP contribution in [0.15, 0.2) is 48.5 Å². The molecule has 0 heterocycles. The van der Waals surface area contributed by atoms with Crippen LogP contribution in [0.25, 0.3) is 11.1 Å². The number of aliphatic carboxylic acids is 1. The zero-order valence-electron chi connectivity index (χ0n) is 20.1. The lowest BCUT2D eigenvalue weighted by Crippen LogP contribution is -2.44. The molecule has 1 aliphatic rings. The highest BCUT2D eigenvalue weighted by molar-refractivity contribution is 5.81. The number of carboxylic acid groups (broad SMARTS) is 1. The van der Waals surface area contributed by atoms with Gasteiger partial charge in [0.05, 0.1) is 5.41 Å². The highest BCUT2D eigenvalue weighted by Gasteiger charge is 2.35. The first kappa shape index (κ1) is 25.3. The summed E-state index contributed by atoms with van der Waals surface area (Å²) in [5.74, 6) is -1.49. The fraction of sp³-hybridized carbons (Fsp3) is 0.444. The van der Waals surface area contributed by atoms with E-state index in [1.807, 2.05) is 38.1 Å². The average molecular weight is 467 g/mol. The van der Waals surface area contributed by atoms with Crippen LogP contribution in [0.4, 0.5) is 4.79 Å². The van der Waals surface area contributed by atoms with Gasteiger partial charge in [0.1, 0.15) is 6.61 Å². The van der Waals surface area contributed by atoms with Gasteiger partial charge in [-0.05, 0) is 41.5 Å². The van der Waals surface area contributed by atoms with E-state index in [0.29, 0.717) is 19.3 Å². The van der Waals surface area contributed by atoms with Crippen LogP contribution in [0.2, 0.25) is 0 Å². The molecule has 182 valence electrons. The van der Waals surface area contributed by atoms with Gasteiger partial charge in [0.2, 0.25) is 5.91 Å². The number of benzene rings is 2. The van der Waals surface area contributed by atoms with Gasteiger partial charge in [-0.15, -0.1) is 0 Å². The third-order valence-electron chi connectivity index (χ3n) is 7.05. The Labute approximate surface area is 200 Å². The Kier molecular flexibility index (Phi) is 8.31. The van der Waals surface area contributed by atoms with Crippen LogP contribution in [0.1, 0.15) is 57.1 Å². The molecule has 1 unspecified atom stereocenters. The molecule has 0 spiro atoms. The fourth-order valence-corrected chi connectivity index (χ4v) is 4.48. The number of carbonyl (C=O) groups is 3. The van der Waals surface area contributed by atoms with Crippen molar-refractivity contribution in [2.45, 2.75) is 46.0 Å². The van der Waals surface area contributed by atoms with Gasteiger partial charge in [0.25, 0.3) is 0 Å². The number of fused-ring (bicyclic) bond motifs is 3. The monoisotopic (exact) mass is 466 g/mol. The molecule has 0 radical (unpaired) electrons. The quantitative estimate of drug-likeness (QED) is 0.450. The number of rotatable bonds is 11. The molecule has 3 N–H and O–H groups in total. The van der Waals surface area contributed by atoms with Crippen LogP contribution in [-0.4, -0.2) is 42.8 Å². The summed E-state index contributed by atoms with van der Waals surface area (Å²) in [6.45, 7) is 6.00. The van der Waals surface area contributed by atoms with Gasteiger partial charge in [-0.2, -0.15) is 0 Å². The number of nitrogens with one attached hydrogen (secondary N) is 2. The van der Waals surface area contributed by atoms with Crippen molar-refractivity contribution in [3.63, 3.8) is 0 Å². The summed E-state index contributed by atoms with van der Waals surface area (Å²) in [4.78, 5) is 36.3. The zero-order valence-corrected chi connectivity index (χ0v) is 20.1. The number of ether oxygens (including phenoxy) is 1. The molecule has 0 aromatic heterocycles. The van der Waals surface area contributed by atoms with Crippen LogP contribution in [0.5, 0.6) is 0 Å². The Balaban J connectivity index is 1.44. The topological polar surface area (TPSA) is 105 Å². The number of hydrogen-bond acceptors (Lipinski definition) is 4. The summed E-state index contributed by atoms with van der Waals surface area (Å²) >= 11 is 0. The van der Waals surface area contributed by atoms with E-state index in [2.05, 4.69) is 34.9 Å². The molecule has 2 aromatic rings. The summed E-state index contributed by atoms with van der Waals surface area (Å²) in [5.41, 5.74) is 3.70. The van der Waals surface area contributed by atoms with E-state index in [4.69, 9.17) is 4.74 Å². The smallest absolute Gasteiger partial charge is 0.407 e. The van der Waals surface area contributed by atoms with Crippen molar-refractivity contribution in [3.8, 4) is 11.1 Å². The first-order valence-electron chi connectivity index (χ1n) is 11.9. The summed E-state index contributed by atoms with van der Waals surface area (Å²) in [7, 11) is 0. The molecule has 1 atom stereocenters. The van der Waals surface area contributed by atoms with E-state index in [0.717, 1.165) is 11.1 Å². The standard InChI is InChI=1S/C27H34N2O5/c1-4-27(5-2,25(31)32)17-29-24(30)18(3)14-15-28-26(33)34-16-23-21-12-8-6-10-19(21)20-11-7-9-13-22(20)23/h6-13,18,23H,4-5,14-17H2,1-3H3,(H,28,33)(H,29,30)(H,31,32). The lowest BCUT2D eigenvalue weighted by molar-refractivity contribution is -0.149. The summed E-state index contributed by atoms with van der Waals surface area (Å²) in [6, 6.07) is 16.3. The molecule has 3 rings (SSSR count). The van der Waals surface area contributed by atoms with E-state index < -0.39 is 17.5 Å². The maximum absolute atomic E-state index is 12.4. The van der Waals surface area contributed by atoms with Crippen molar-refractivity contribution in [1.82, 2.24) is 10.6 Å². The molecular formula is C27H34N2O5. The first-order chi connectivity index (χ1) is 16.3. The maximum Gasteiger partial charge on any atom is 0.407 e. The van der Waals surface area contributed by atoms with Gasteiger partial charge >= 0.3 is 12.1 Å². The minimum atomic E-state index is -0.949. The van der Waals surface area contributed by atoms with E-state index in [1.54, 1.807) is 6.92 Å². The molecule has 0 saturated carbocycles. The predicted molar refractivity (Wildman–Crippen MR) is 131 cm³/mol. The second kappa shape index (κ2) is 11.2. The molecule has 7 nitrogen and oxygen atoms in total. The van der Waals surface area contributed by atoms with Gasteiger partial charge in [-0.3, -0.25) is 9.59 Å². The summed E-state index contributed by atoms with van der Waals surface area (Å²) in [5, 5.41) is 15.0. The van der Waals surface area contributed by atoms with Crippen molar-refractivity contribution >= 4 is 18.0 Å². The largest absolute Gasteiger partial charge is 0.481 e. The Bertz CT molecular complexity index is 986. The SMILES string of the molecule is CCC(CC)(CNC(=O)C(C)CCNC(=O)OCC1c2ccccc2-c2ccccc21)C(=O)O. The number of alkyl carbamates (subject to hydrolysis) is 1. The lowest BCUT2D eigenvalue weighted by Gasteiger charge is -2.27. The summed E-state index contributed by atoms with van der Waals surface area (Å²) in [6.07, 6.45) is 0.790. The van der Waals surface area contributed by atoms with Gasteiger partial charge in [-0.25, -0.2) is 4.79 Å². The Morgan fingerprint density at radius 3 is 2.06 bits per heavy atom. The Morgan fingerprint density at radius 2 is 1.53 bits per heavy atom. The molecular weight excluding hydrogens is 432 g/mol. The minimum absolute atomic E-state index is 0.00511. The predicted octanol–water partition coefficient (Wildman–Crippen LogP) is 4.56. The molecule has 2 aromatic carbocycles. The second-order valence-corrected chi connectivity index (χ2v) is 8.95. The van der Waals surface area contributed by atoms with Gasteiger partial charge in [-0.1, -0.05) is 69.3 Å². The van der Waals surface area contributed by atoms with Crippen LogP contribution < -0.4 is 10.6 Å². The summed E-state index contributed by atoms with van der Waals surface area (Å²) < 4.78 is 5.51. The van der Waals surface area contributed by atoms with Crippen LogP contribution in [0.3, 0.4) is 0 Å². The maximum atomic E-state index is 12.4. The van der Waals surface area contributed by atoms with Crippen molar-refractivity contribution in [1.29, 1.82) is 0 Å². The highest BCUT2D eigenvalue weighted by atomic mass is 16.5. The van der Waals surface area contributed by atoms with Crippen molar-refractivity contribution < 1.29 is 24.2 Å². The average Bonchev–Trinajstić information content (AvgIpc) is 3.17. The lowest BCUT2D eigenvalue weighted by atomic mass is 9.82. The molecule has 0 aliphatic heterocycles. The van der Waals surface area contributed by atoms with E-state index in [1.165, 1.54) is 11.1 Å². The van der Waals surface area contributed by atoms with Crippen LogP contribution in [-0.2, 0) is 14.3 Å². The van der Waals surface area contributed by atoms with Crippen molar-refractivity contribution in [2.75, 3.05) is 19.7 Å². The third kappa shape index (κ3) is 5.41. The normalized spacial score (nSPS) is 13.5. The van der Waals surface area contributed by atoms with E-state index >= 15 is 0 Å². The Hall–Kier alpha value is -3.35. The molecule has 0 bridgehead atoms. The van der Waals surface area contributed by atoms with E-state index in [-0.39, 0.29) is 37.4 Å². The molecule has 7 heteroatoms. The molecule has 0 fully saturated rings. The van der Waals surface area contributed by atoms with Gasteiger partial charge in [0.15, 0.2) is 0 Å². The third-order valence-corrected chi connectivity index (χ3v) is 7.05. The zero-order chi connectivity index (χ0) is 24.7. The van der Waals surface area contributed by atoms with Gasteiger partial charge in [0, 0.05) is 24.9 Å². The fourth-order valence-electron chi connectivity index (χ4n) is 4.48. The minimum Gasteiger partial charge on any atom is -0.481 e. The Morgan fingerprint density at radius 1 is 0.971 bits per heavy atom.